The Bertz CT molecular complexity index is 941. The largest absolute Gasteiger partial charge is 0.484 e. The Morgan fingerprint density at radius 3 is 2.25 bits per heavy atom. The van der Waals surface area contributed by atoms with E-state index < -0.39 is 5.82 Å². The molecule has 28 heavy (non-hydrogen) atoms. The van der Waals surface area contributed by atoms with Crippen molar-refractivity contribution in [3.8, 4) is 16.9 Å². The number of benzene rings is 3. The number of hydrogen-bond donors (Lipinski definition) is 0. The molecule has 6 heteroatoms. The smallest absolute Gasteiger partial charge is 0.260 e. The molecule has 0 aromatic heterocycles. The molecule has 3 rings (SSSR count). The third kappa shape index (κ3) is 5.23. The zero-order chi connectivity index (χ0) is 20.1. The van der Waals surface area contributed by atoms with Crippen molar-refractivity contribution in [1.29, 1.82) is 0 Å². The highest BCUT2D eigenvalue weighted by Crippen LogP contribution is 2.24. The van der Waals surface area contributed by atoms with E-state index in [0.717, 1.165) is 11.1 Å². The first-order valence-electron chi connectivity index (χ1n) is 8.59. The SMILES string of the molecule is CN(Cc1c(F)cccc1Cl)C(=O)COc1ccc(-c2ccc(I)cc2)cc1. The summed E-state index contributed by atoms with van der Waals surface area (Å²) in [6, 6.07) is 20.2. The second-order valence-electron chi connectivity index (χ2n) is 6.27. The van der Waals surface area contributed by atoms with Crippen LogP contribution >= 0.6 is 34.2 Å². The average Bonchev–Trinajstić information content (AvgIpc) is 2.70. The van der Waals surface area contributed by atoms with Gasteiger partial charge in [-0.2, -0.15) is 0 Å². The minimum absolute atomic E-state index is 0.0828. The van der Waals surface area contributed by atoms with Gasteiger partial charge in [-0.25, -0.2) is 4.39 Å². The highest BCUT2D eigenvalue weighted by atomic mass is 127. The highest BCUT2D eigenvalue weighted by Gasteiger charge is 2.15. The Balaban J connectivity index is 1.57. The minimum Gasteiger partial charge on any atom is -0.484 e. The van der Waals surface area contributed by atoms with Gasteiger partial charge in [0.15, 0.2) is 6.61 Å². The van der Waals surface area contributed by atoms with Gasteiger partial charge in [0.05, 0.1) is 0 Å². The summed E-state index contributed by atoms with van der Waals surface area (Å²) < 4.78 is 20.6. The lowest BCUT2D eigenvalue weighted by molar-refractivity contribution is -0.132. The fraction of sp³-hybridized carbons (Fsp3) is 0.136. The molecule has 3 aromatic carbocycles. The average molecular weight is 510 g/mol. The van der Waals surface area contributed by atoms with E-state index in [1.807, 2.05) is 24.3 Å². The first-order valence-corrected chi connectivity index (χ1v) is 10.1. The molecule has 0 unspecified atom stereocenters. The Labute approximate surface area is 182 Å². The van der Waals surface area contributed by atoms with Crippen LogP contribution in [0, 0.1) is 9.39 Å². The van der Waals surface area contributed by atoms with E-state index in [9.17, 15) is 9.18 Å². The number of ether oxygens (including phenoxy) is 1. The molecular weight excluding hydrogens is 492 g/mol. The van der Waals surface area contributed by atoms with E-state index in [-0.39, 0.29) is 19.1 Å². The van der Waals surface area contributed by atoms with Crippen molar-refractivity contribution in [3.05, 3.63) is 86.7 Å². The van der Waals surface area contributed by atoms with E-state index in [4.69, 9.17) is 16.3 Å². The first-order chi connectivity index (χ1) is 13.4. The van der Waals surface area contributed by atoms with Gasteiger partial charge in [0.25, 0.3) is 5.91 Å². The molecule has 0 aliphatic rings. The molecule has 0 heterocycles. The third-order valence-corrected chi connectivity index (χ3v) is 5.35. The van der Waals surface area contributed by atoms with Crippen LogP contribution in [-0.4, -0.2) is 24.5 Å². The van der Waals surface area contributed by atoms with Gasteiger partial charge in [-0.1, -0.05) is 41.9 Å². The quantitative estimate of drug-likeness (QED) is 0.394. The number of nitrogens with zero attached hydrogens (tertiary/aromatic N) is 1. The summed E-state index contributed by atoms with van der Waals surface area (Å²) >= 11 is 8.29. The first kappa shape index (κ1) is 20.6. The van der Waals surface area contributed by atoms with Crippen LogP contribution in [0.1, 0.15) is 5.56 Å². The normalized spacial score (nSPS) is 10.6. The van der Waals surface area contributed by atoms with Gasteiger partial charge in [0.1, 0.15) is 11.6 Å². The topological polar surface area (TPSA) is 29.5 Å². The molecule has 0 atom stereocenters. The molecule has 0 radical (unpaired) electrons. The second-order valence-corrected chi connectivity index (χ2v) is 7.92. The monoisotopic (exact) mass is 509 g/mol. The van der Waals surface area contributed by atoms with E-state index in [2.05, 4.69) is 46.9 Å². The van der Waals surface area contributed by atoms with Crippen LogP contribution in [0.4, 0.5) is 4.39 Å². The van der Waals surface area contributed by atoms with Gasteiger partial charge in [-0.15, -0.1) is 0 Å². The predicted molar refractivity (Wildman–Crippen MR) is 118 cm³/mol. The lowest BCUT2D eigenvalue weighted by Gasteiger charge is -2.18. The van der Waals surface area contributed by atoms with Gasteiger partial charge in [0, 0.05) is 27.7 Å². The number of amides is 1. The second kappa shape index (κ2) is 9.39. The lowest BCUT2D eigenvalue weighted by Crippen LogP contribution is -2.31. The maximum Gasteiger partial charge on any atom is 0.260 e. The van der Waals surface area contributed by atoms with Crippen LogP contribution in [0.5, 0.6) is 5.75 Å². The molecule has 0 aliphatic heterocycles. The summed E-state index contributed by atoms with van der Waals surface area (Å²) in [5.41, 5.74) is 2.48. The molecule has 0 N–H and O–H groups in total. The summed E-state index contributed by atoms with van der Waals surface area (Å²) in [6.45, 7) is -0.0507. The molecular formula is C22H18ClFINO2. The van der Waals surface area contributed by atoms with Gasteiger partial charge >= 0.3 is 0 Å². The molecule has 0 saturated heterocycles. The fourth-order valence-electron chi connectivity index (χ4n) is 2.65. The Morgan fingerprint density at radius 2 is 1.64 bits per heavy atom. The summed E-state index contributed by atoms with van der Waals surface area (Å²) in [4.78, 5) is 13.7. The molecule has 1 amide bonds. The van der Waals surface area contributed by atoms with Gasteiger partial charge < -0.3 is 9.64 Å². The zero-order valence-electron chi connectivity index (χ0n) is 15.2. The summed E-state index contributed by atoms with van der Waals surface area (Å²) in [7, 11) is 1.59. The molecule has 144 valence electrons. The summed E-state index contributed by atoms with van der Waals surface area (Å²) in [5.74, 6) is -0.0970. The van der Waals surface area contributed by atoms with Crippen LogP contribution in [-0.2, 0) is 11.3 Å². The van der Waals surface area contributed by atoms with Crippen molar-refractivity contribution < 1.29 is 13.9 Å². The third-order valence-electron chi connectivity index (χ3n) is 4.28. The van der Waals surface area contributed by atoms with Crippen molar-refractivity contribution >= 4 is 40.1 Å². The van der Waals surface area contributed by atoms with Gasteiger partial charge in [-0.05, 0) is 70.1 Å². The standard InChI is InChI=1S/C22H18ClFINO2/c1-26(13-19-20(23)3-2-4-21(19)24)22(27)14-28-18-11-7-16(8-12-18)15-5-9-17(25)10-6-15/h2-12H,13-14H2,1H3. The number of carbonyl (C=O) groups excluding carboxylic acids is 1. The lowest BCUT2D eigenvalue weighted by atomic mass is 10.1. The van der Waals surface area contributed by atoms with Crippen LogP contribution in [0.2, 0.25) is 5.02 Å². The van der Waals surface area contributed by atoms with Crippen molar-refractivity contribution in [1.82, 2.24) is 4.90 Å². The Hall–Kier alpha value is -2.12. The molecule has 0 saturated carbocycles. The van der Waals surface area contributed by atoms with Crippen molar-refractivity contribution in [2.45, 2.75) is 6.54 Å². The maximum absolute atomic E-state index is 13.9. The predicted octanol–water partition coefficient (Wildman–Crippen LogP) is 5.79. The van der Waals surface area contributed by atoms with Gasteiger partial charge in [0.2, 0.25) is 0 Å². The Morgan fingerprint density at radius 1 is 1.04 bits per heavy atom. The molecule has 3 nitrogen and oxygen atoms in total. The van der Waals surface area contributed by atoms with Crippen LogP contribution < -0.4 is 4.74 Å². The number of halogens is 3. The molecule has 3 aromatic rings. The van der Waals surface area contributed by atoms with Gasteiger partial charge in [-0.3, -0.25) is 4.79 Å². The molecule has 0 fully saturated rings. The molecule has 0 aliphatic carbocycles. The zero-order valence-corrected chi connectivity index (χ0v) is 18.1. The van der Waals surface area contributed by atoms with Crippen molar-refractivity contribution in [2.75, 3.05) is 13.7 Å². The van der Waals surface area contributed by atoms with E-state index in [0.29, 0.717) is 16.3 Å². The summed E-state index contributed by atoms with van der Waals surface area (Å²) in [6.07, 6.45) is 0. The van der Waals surface area contributed by atoms with Crippen LogP contribution in [0.25, 0.3) is 11.1 Å². The fourth-order valence-corrected chi connectivity index (χ4v) is 3.23. The van der Waals surface area contributed by atoms with E-state index >= 15 is 0 Å². The number of hydrogen-bond acceptors (Lipinski definition) is 2. The highest BCUT2D eigenvalue weighted by molar-refractivity contribution is 14.1. The number of likely N-dealkylation sites (N-methyl/N-ethyl adjacent to an activating group) is 1. The Kier molecular flexibility index (Phi) is 6.91. The number of carbonyl (C=O) groups is 1. The van der Waals surface area contributed by atoms with Crippen LogP contribution in [0.3, 0.4) is 0 Å². The molecule has 0 bridgehead atoms. The van der Waals surface area contributed by atoms with E-state index in [1.165, 1.54) is 20.6 Å². The van der Waals surface area contributed by atoms with Crippen molar-refractivity contribution in [2.24, 2.45) is 0 Å². The number of rotatable bonds is 6. The molecule has 0 spiro atoms. The maximum atomic E-state index is 13.9. The van der Waals surface area contributed by atoms with Crippen LogP contribution in [0.15, 0.2) is 66.7 Å². The summed E-state index contributed by atoms with van der Waals surface area (Å²) in [5, 5.41) is 0.298. The minimum atomic E-state index is -0.431. The van der Waals surface area contributed by atoms with Crippen molar-refractivity contribution in [3.63, 3.8) is 0 Å². The van der Waals surface area contributed by atoms with E-state index in [1.54, 1.807) is 13.1 Å².